The first-order valence-corrected chi connectivity index (χ1v) is 8.50. The minimum absolute atomic E-state index is 0.789. The van der Waals surface area contributed by atoms with Crippen molar-refractivity contribution in [2.24, 2.45) is 0 Å². The SMILES string of the molecule is CN(CCc1ccccn1)Cc1ccc(CNC2CC2)s1. The van der Waals surface area contributed by atoms with Crippen molar-refractivity contribution in [3.8, 4) is 0 Å². The van der Waals surface area contributed by atoms with Crippen molar-refractivity contribution in [2.45, 2.75) is 38.4 Å². The first-order chi connectivity index (χ1) is 10.3. The lowest BCUT2D eigenvalue weighted by molar-refractivity contribution is 0.333. The number of nitrogens with one attached hydrogen (secondary N) is 1. The molecular weight excluding hydrogens is 278 g/mol. The number of pyridine rings is 1. The Labute approximate surface area is 131 Å². The van der Waals surface area contributed by atoms with E-state index >= 15 is 0 Å². The molecule has 1 aliphatic carbocycles. The van der Waals surface area contributed by atoms with Crippen molar-refractivity contribution >= 4 is 11.3 Å². The van der Waals surface area contributed by atoms with E-state index in [1.54, 1.807) is 0 Å². The maximum Gasteiger partial charge on any atom is 0.0416 e. The molecule has 0 saturated heterocycles. The van der Waals surface area contributed by atoms with Crippen LogP contribution in [-0.4, -0.2) is 29.5 Å². The maximum atomic E-state index is 4.38. The van der Waals surface area contributed by atoms with Crippen LogP contribution >= 0.6 is 11.3 Å². The smallest absolute Gasteiger partial charge is 0.0416 e. The van der Waals surface area contributed by atoms with E-state index in [2.05, 4.69) is 46.5 Å². The van der Waals surface area contributed by atoms with Gasteiger partial charge < -0.3 is 10.2 Å². The molecule has 3 rings (SSSR count). The van der Waals surface area contributed by atoms with Crippen molar-refractivity contribution in [1.82, 2.24) is 15.2 Å². The molecule has 0 atom stereocenters. The molecule has 0 amide bonds. The normalized spacial score (nSPS) is 14.8. The van der Waals surface area contributed by atoms with E-state index in [-0.39, 0.29) is 0 Å². The van der Waals surface area contributed by atoms with Crippen LogP contribution in [0.1, 0.15) is 28.3 Å². The van der Waals surface area contributed by atoms with Gasteiger partial charge in [-0.15, -0.1) is 11.3 Å². The summed E-state index contributed by atoms with van der Waals surface area (Å²) >= 11 is 1.93. The average Bonchev–Trinajstić information content (AvgIpc) is 3.24. The summed E-state index contributed by atoms with van der Waals surface area (Å²) in [6.07, 6.45) is 5.59. The highest BCUT2D eigenvalue weighted by Crippen LogP contribution is 2.22. The Bertz CT molecular complexity index is 548. The van der Waals surface area contributed by atoms with E-state index in [1.807, 2.05) is 23.6 Å². The molecule has 4 heteroatoms. The number of rotatable bonds is 8. The van der Waals surface area contributed by atoms with Crippen molar-refractivity contribution in [3.05, 3.63) is 52.0 Å². The van der Waals surface area contributed by atoms with E-state index in [0.717, 1.165) is 32.1 Å². The third-order valence-corrected chi connectivity index (χ3v) is 4.83. The summed E-state index contributed by atoms with van der Waals surface area (Å²) in [6.45, 7) is 3.11. The minimum Gasteiger partial charge on any atom is -0.309 e. The minimum atomic E-state index is 0.789. The quantitative estimate of drug-likeness (QED) is 0.812. The molecule has 0 aliphatic heterocycles. The summed E-state index contributed by atoms with van der Waals surface area (Å²) < 4.78 is 0. The lowest BCUT2D eigenvalue weighted by Gasteiger charge is -2.15. The number of hydrogen-bond acceptors (Lipinski definition) is 4. The molecule has 0 bridgehead atoms. The Morgan fingerprint density at radius 3 is 2.86 bits per heavy atom. The first-order valence-electron chi connectivity index (χ1n) is 7.69. The zero-order valence-electron chi connectivity index (χ0n) is 12.6. The Morgan fingerprint density at radius 2 is 2.10 bits per heavy atom. The van der Waals surface area contributed by atoms with Gasteiger partial charge in [-0.05, 0) is 44.2 Å². The van der Waals surface area contributed by atoms with Gasteiger partial charge in [-0.3, -0.25) is 4.98 Å². The van der Waals surface area contributed by atoms with Crippen molar-refractivity contribution in [2.75, 3.05) is 13.6 Å². The number of nitrogens with zero attached hydrogens (tertiary/aromatic N) is 2. The van der Waals surface area contributed by atoms with Gasteiger partial charge in [-0.2, -0.15) is 0 Å². The zero-order valence-corrected chi connectivity index (χ0v) is 13.4. The molecule has 2 heterocycles. The van der Waals surface area contributed by atoms with Crippen LogP contribution in [0.25, 0.3) is 0 Å². The highest BCUT2D eigenvalue weighted by Gasteiger charge is 2.20. The lowest BCUT2D eigenvalue weighted by atomic mass is 10.2. The number of likely N-dealkylation sites (N-methyl/N-ethyl adjacent to an activating group) is 1. The Hall–Kier alpha value is -1.23. The fourth-order valence-electron chi connectivity index (χ4n) is 2.33. The average molecular weight is 301 g/mol. The van der Waals surface area contributed by atoms with E-state index in [4.69, 9.17) is 0 Å². The molecule has 0 unspecified atom stereocenters. The molecule has 21 heavy (non-hydrogen) atoms. The molecule has 2 aromatic rings. The molecule has 3 nitrogen and oxygen atoms in total. The molecular formula is C17H23N3S. The predicted molar refractivity (Wildman–Crippen MR) is 88.5 cm³/mol. The zero-order chi connectivity index (χ0) is 14.5. The summed E-state index contributed by atoms with van der Waals surface area (Å²) in [5, 5.41) is 3.57. The van der Waals surface area contributed by atoms with Gasteiger partial charge in [0.1, 0.15) is 0 Å². The monoisotopic (exact) mass is 301 g/mol. The summed E-state index contributed by atoms with van der Waals surface area (Å²) in [6, 6.07) is 11.4. The van der Waals surface area contributed by atoms with Gasteiger partial charge >= 0.3 is 0 Å². The fourth-order valence-corrected chi connectivity index (χ4v) is 3.38. The van der Waals surface area contributed by atoms with Crippen LogP contribution in [0.2, 0.25) is 0 Å². The van der Waals surface area contributed by atoms with Crippen molar-refractivity contribution in [1.29, 1.82) is 0 Å². The molecule has 0 spiro atoms. The predicted octanol–water partition coefficient (Wildman–Crippen LogP) is 3.07. The summed E-state index contributed by atoms with van der Waals surface area (Å²) in [5.74, 6) is 0. The summed E-state index contributed by atoms with van der Waals surface area (Å²) in [4.78, 5) is 9.65. The molecule has 1 fully saturated rings. The van der Waals surface area contributed by atoms with E-state index in [0.29, 0.717) is 0 Å². The van der Waals surface area contributed by atoms with Crippen LogP contribution in [0, 0.1) is 0 Å². The third-order valence-electron chi connectivity index (χ3n) is 3.76. The van der Waals surface area contributed by atoms with Gasteiger partial charge in [0.25, 0.3) is 0 Å². The Kier molecular flexibility index (Phi) is 5.01. The second-order valence-corrected chi connectivity index (χ2v) is 7.08. The second-order valence-electron chi connectivity index (χ2n) is 5.83. The summed E-state index contributed by atoms with van der Waals surface area (Å²) in [7, 11) is 2.19. The molecule has 1 N–H and O–H groups in total. The Balaban J connectivity index is 1.42. The van der Waals surface area contributed by atoms with Gasteiger partial charge in [0.15, 0.2) is 0 Å². The number of thiophene rings is 1. The highest BCUT2D eigenvalue weighted by molar-refractivity contribution is 7.11. The van der Waals surface area contributed by atoms with E-state index in [1.165, 1.54) is 28.3 Å². The molecule has 0 radical (unpaired) electrons. The van der Waals surface area contributed by atoms with Crippen LogP contribution in [-0.2, 0) is 19.5 Å². The maximum absolute atomic E-state index is 4.38. The van der Waals surface area contributed by atoms with Gasteiger partial charge in [-0.1, -0.05) is 6.07 Å². The third kappa shape index (κ3) is 4.92. The standard InChI is InChI=1S/C17H23N3S/c1-20(11-9-14-4-2-3-10-18-14)13-17-8-7-16(21-17)12-19-15-5-6-15/h2-4,7-8,10,15,19H,5-6,9,11-13H2,1H3. The fraction of sp³-hybridized carbons (Fsp3) is 0.471. The van der Waals surface area contributed by atoms with Gasteiger partial charge in [-0.25, -0.2) is 0 Å². The Morgan fingerprint density at radius 1 is 1.24 bits per heavy atom. The number of aromatic nitrogens is 1. The van der Waals surface area contributed by atoms with Gasteiger partial charge in [0.05, 0.1) is 0 Å². The topological polar surface area (TPSA) is 28.2 Å². The lowest BCUT2D eigenvalue weighted by Crippen LogP contribution is -2.20. The van der Waals surface area contributed by atoms with Crippen molar-refractivity contribution in [3.63, 3.8) is 0 Å². The largest absolute Gasteiger partial charge is 0.309 e. The second kappa shape index (κ2) is 7.16. The van der Waals surface area contributed by atoms with Crippen LogP contribution in [0.4, 0.5) is 0 Å². The van der Waals surface area contributed by atoms with Gasteiger partial charge in [0, 0.05) is 53.7 Å². The van der Waals surface area contributed by atoms with Crippen LogP contribution < -0.4 is 5.32 Å². The molecule has 112 valence electrons. The van der Waals surface area contributed by atoms with Crippen molar-refractivity contribution < 1.29 is 0 Å². The molecule has 1 aliphatic rings. The summed E-state index contributed by atoms with van der Waals surface area (Å²) in [5.41, 5.74) is 1.17. The first kappa shape index (κ1) is 14.7. The van der Waals surface area contributed by atoms with Crippen LogP contribution in [0.5, 0.6) is 0 Å². The molecule has 0 aromatic carbocycles. The van der Waals surface area contributed by atoms with Crippen LogP contribution in [0.15, 0.2) is 36.5 Å². The highest BCUT2D eigenvalue weighted by atomic mass is 32.1. The van der Waals surface area contributed by atoms with Crippen LogP contribution in [0.3, 0.4) is 0 Å². The molecule has 1 saturated carbocycles. The van der Waals surface area contributed by atoms with E-state index in [9.17, 15) is 0 Å². The molecule has 2 aromatic heterocycles. The van der Waals surface area contributed by atoms with E-state index < -0.39 is 0 Å². The number of hydrogen-bond donors (Lipinski definition) is 1. The van der Waals surface area contributed by atoms with Gasteiger partial charge in [0.2, 0.25) is 0 Å².